The summed E-state index contributed by atoms with van der Waals surface area (Å²) in [6.45, 7) is 1.87. The summed E-state index contributed by atoms with van der Waals surface area (Å²) in [6.07, 6.45) is 7.62. The zero-order chi connectivity index (χ0) is 18.1. The Kier molecular flexibility index (Phi) is 4.72. The molecule has 1 fully saturated rings. The normalized spacial score (nSPS) is 20.3. The van der Waals surface area contributed by atoms with Crippen molar-refractivity contribution in [1.29, 1.82) is 0 Å². The molecule has 1 unspecified atom stereocenters. The lowest BCUT2D eigenvalue weighted by Gasteiger charge is -2.24. The van der Waals surface area contributed by atoms with Crippen molar-refractivity contribution in [2.45, 2.75) is 55.2 Å². The van der Waals surface area contributed by atoms with Crippen LogP contribution in [0, 0.1) is 0 Å². The van der Waals surface area contributed by atoms with Crippen molar-refractivity contribution in [3.63, 3.8) is 0 Å². The number of carbonyl (C=O) groups excluding carboxylic acids is 2. The molecule has 2 N–H and O–H groups in total. The SMILES string of the molecule is CC1Sc2ccc(C(=O)Nc3ccnn3C3CCCCC3)cc2NC1=O. The second-order valence-electron chi connectivity index (χ2n) is 6.87. The van der Waals surface area contributed by atoms with Crippen molar-refractivity contribution in [3.05, 3.63) is 36.0 Å². The van der Waals surface area contributed by atoms with Gasteiger partial charge in [-0.1, -0.05) is 19.3 Å². The van der Waals surface area contributed by atoms with Crippen molar-refractivity contribution in [2.75, 3.05) is 10.6 Å². The monoisotopic (exact) mass is 370 g/mol. The first-order chi connectivity index (χ1) is 12.6. The maximum Gasteiger partial charge on any atom is 0.256 e. The van der Waals surface area contributed by atoms with E-state index in [1.165, 1.54) is 31.0 Å². The Morgan fingerprint density at radius 1 is 1.27 bits per heavy atom. The largest absolute Gasteiger partial charge is 0.324 e. The van der Waals surface area contributed by atoms with E-state index >= 15 is 0 Å². The van der Waals surface area contributed by atoms with E-state index in [0.717, 1.165) is 23.6 Å². The van der Waals surface area contributed by atoms with E-state index in [4.69, 9.17) is 0 Å². The summed E-state index contributed by atoms with van der Waals surface area (Å²) in [5.41, 5.74) is 1.22. The summed E-state index contributed by atoms with van der Waals surface area (Å²) < 4.78 is 1.94. The van der Waals surface area contributed by atoms with Gasteiger partial charge >= 0.3 is 0 Å². The lowest BCUT2D eigenvalue weighted by atomic mass is 9.96. The van der Waals surface area contributed by atoms with Crippen LogP contribution in [0.3, 0.4) is 0 Å². The fourth-order valence-electron chi connectivity index (χ4n) is 3.57. The summed E-state index contributed by atoms with van der Waals surface area (Å²) in [5, 5.41) is 10.1. The zero-order valence-electron chi connectivity index (χ0n) is 14.7. The molecular weight excluding hydrogens is 348 g/mol. The number of hydrogen-bond donors (Lipinski definition) is 2. The van der Waals surface area contributed by atoms with E-state index < -0.39 is 0 Å². The molecule has 26 heavy (non-hydrogen) atoms. The number of thioether (sulfide) groups is 1. The number of rotatable bonds is 3. The number of aromatic nitrogens is 2. The van der Waals surface area contributed by atoms with Crippen LogP contribution < -0.4 is 10.6 Å². The molecule has 6 nitrogen and oxygen atoms in total. The molecule has 1 aliphatic carbocycles. The minimum atomic E-state index is -0.191. The third-order valence-electron chi connectivity index (χ3n) is 5.01. The van der Waals surface area contributed by atoms with Crippen LogP contribution in [0.15, 0.2) is 35.4 Å². The molecular formula is C19H22N4O2S. The van der Waals surface area contributed by atoms with Crippen molar-refractivity contribution < 1.29 is 9.59 Å². The topological polar surface area (TPSA) is 76.0 Å². The third-order valence-corrected chi connectivity index (χ3v) is 6.18. The van der Waals surface area contributed by atoms with Crippen LogP contribution >= 0.6 is 11.8 Å². The highest BCUT2D eigenvalue weighted by Crippen LogP contribution is 2.36. The minimum absolute atomic E-state index is 0.0320. The fourth-order valence-corrected chi connectivity index (χ4v) is 4.50. The summed E-state index contributed by atoms with van der Waals surface area (Å²) in [7, 11) is 0. The standard InChI is InChI=1S/C19H22N4O2S/c1-12-18(24)21-15-11-13(7-8-16(15)26-12)19(25)22-17-9-10-20-23(17)14-5-3-2-4-6-14/h7-12,14H,2-6H2,1H3,(H,21,24)(H,22,25). The summed E-state index contributed by atoms with van der Waals surface area (Å²) in [4.78, 5) is 25.6. The van der Waals surface area contributed by atoms with Crippen LogP contribution in [0.25, 0.3) is 0 Å². The van der Waals surface area contributed by atoms with E-state index in [-0.39, 0.29) is 17.1 Å². The summed E-state index contributed by atoms with van der Waals surface area (Å²) in [6, 6.07) is 7.62. The number of nitrogens with zero attached hydrogens (tertiary/aromatic N) is 2. The highest BCUT2D eigenvalue weighted by molar-refractivity contribution is 8.00. The van der Waals surface area contributed by atoms with Crippen LogP contribution in [-0.2, 0) is 4.79 Å². The van der Waals surface area contributed by atoms with E-state index in [2.05, 4.69) is 15.7 Å². The van der Waals surface area contributed by atoms with Crippen LogP contribution in [0.1, 0.15) is 55.4 Å². The van der Waals surface area contributed by atoms with Gasteiger partial charge in [-0.3, -0.25) is 9.59 Å². The van der Waals surface area contributed by atoms with Gasteiger partial charge in [-0.25, -0.2) is 4.68 Å². The number of carbonyl (C=O) groups is 2. The molecule has 0 radical (unpaired) electrons. The van der Waals surface area contributed by atoms with Gasteiger partial charge in [-0.05, 0) is 38.0 Å². The number of amides is 2. The van der Waals surface area contributed by atoms with Crippen LogP contribution in [0.2, 0.25) is 0 Å². The number of benzene rings is 1. The molecule has 1 aromatic carbocycles. The second kappa shape index (κ2) is 7.15. The molecule has 1 aromatic heterocycles. The second-order valence-corrected chi connectivity index (χ2v) is 8.25. The molecule has 0 bridgehead atoms. The lowest BCUT2D eigenvalue weighted by molar-refractivity contribution is -0.115. The molecule has 2 aliphatic rings. The molecule has 1 aliphatic heterocycles. The van der Waals surface area contributed by atoms with Gasteiger partial charge in [0.2, 0.25) is 5.91 Å². The van der Waals surface area contributed by atoms with Gasteiger partial charge < -0.3 is 10.6 Å². The number of nitrogens with one attached hydrogen (secondary N) is 2. The van der Waals surface area contributed by atoms with Gasteiger partial charge in [-0.15, -0.1) is 11.8 Å². The predicted molar refractivity (Wildman–Crippen MR) is 103 cm³/mol. The van der Waals surface area contributed by atoms with Crippen LogP contribution in [-0.4, -0.2) is 26.8 Å². The molecule has 0 saturated heterocycles. The lowest BCUT2D eigenvalue weighted by Crippen LogP contribution is -2.27. The molecule has 7 heteroatoms. The van der Waals surface area contributed by atoms with E-state index in [9.17, 15) is 9.59 Å². The zero-order valence-corrected chi connectivity index (χ0v) is 15.5. The molecule has 0 spiro atoms. The molecule has 2 heterocycles. The Morgan fingerprint density at radius 3 is 2.88 bits per heavy atom. The van der Waals surface area contributed by atoms with Crippen LogP contribution in [0.4, 0.5) is 11.5 Å². The first-order valence-electron chi connectivity index (χ1n) is 9.08. The summed E-state index contributed by atoms with van der Waals surface area (Å²) in [5.74, 6) is 0.505. The first kappa shape index (κ1) is 17.1. The van der Waals surface area contributed by atoms with Crippen LogP contribution in [0.5, 0.6) is 0 Å². The Bertz CT molecular complexity index is 842. The smallest absolute Gasteiger partial charge is 0.256 e. The van der Waals surface area contributed by atoms with E-state index in [0.29, 0.717) is 17.3 Å². The molecule has 1 atom stereocenters. The molecule has 136 valence electrons. The highest BCUT2D eigenvalue weighted by atomic mass is 32.2. The van der Waals surface area contributed by atoms with E-state index in [1.807, 2.05) is 23.7 Å². The number of fused-ring (bicyclic) bond motifs is 1. The fraction of sp³-hybridized carbons (Fsp3) is 0.421. The first-order valence-corrected chi connectivity index (χ1v) is 9.96. The summed E-state index contributed by atoms with van der Waals surface area (Å²) >= 11 is 1.51. The van der Waals surface area contributed by atoms with Crippen molar-refractivity contribution in [2.24, 2.45) is 0 Å². The Hall–Kier alpha value is -2.28. The Balaban J connectivity index is 1.52. The predicted octanol–water partition coefficient (Wildman–Crippen LogP) is 4.07. The van der Waals surface area contributed by atoms with Gasteiger partial charge in [-0.2, -0.15) is 5.10 Å². The highest BCUT2D eigenvalue weighted by Gasteiger charge is 2.24. The average molecular weight is 370 g/mol. The number of hydrogen-bond acceptors (Lipinski definition) is 4. The van der Waals surface area contributed by atoms with Gasteiger partial charge in [0.05, 0.1) is 23.2 Å². The molecule has 1 saturated carbocycles. The Morgan fingerprint density at radius 2 is 2.08 bits per heavy atom. The maximum atomic E-state index is 12.7. The molecule has 2 amide bonds. The Labute approximate surface area is 156 Å². The molecule has 4 rings (SSSR count). The minimum Gasteiger partial charge on any atom is -0.324 e. The van der Waals surface area contributed by atoms with Gasteiger partial charge in [0, 0.05) is 16.5 Å². The van der Waals surface area contributed by atoms with Crippen molar-refractivity contribution in [3.8, 4) is 0 Å². The third kappa shape index (κ3) is 3.35. The quantitative estimate of drug-likeness (QED) is 0.854. The van der Waals surface area contributed by atoms with Gasteiger partial charge in [0.1, 0.15) is 5.82 Å². The van der Waals surface area contributed by atoms with Crippen molar-refractivity contribution in [1.82, 2.24) is 9.78 Å². The molecule has 2 aromatic rings. The maximum absolute atomic E-state index is 12.7. The van der Waals surface area contributed by atoms with Crippen molar-refractivity contribution >= 4 is 35.1 Å². The van der Waals surface area contributed by atoms with Gasteiger partial charge in [0.25, 0.3) is 5.91 Å². The van der Waals surface area contributed by atoms with Gasteiger partial charge in [0.15, 0.2) is 0 Å². The number of anilines is 2. The average Bonchev–Trinajstić information content (AvgIpc) is 3.11. The van der Waals surface area contributed by atoms with E-state index in [1.54, 1.807) is 18.3 Å².